The molecule has 2 aromatic carbocycles. The smallest absolute Gasteiger partial charge is 0.235 e. The first-order chi connectivity index (χ1) is 17.2. The van der Waals surface area contributed by atoms with Crippen LogP contribution in [0.2, 0.25) is 0 Å². The highest BCUT2D eigenvalue weighted by atomic mass is 32.2. The van der Waals surface area contributed by atoms with Gasteiger partial charge in [0.2, 0.25) is 11.8 Å². The summed E-state index contributed by atoms with van der Waals surface area (Å²) in [6, 6.07) is 20.4. The second-order valence-corrected chi connectivity index (χ2v) is 12.5. The van der Waals surface area contributed by atoms with Crippen LogP contribution < -0.4 is 10.6 Å². The van der Waals surface area contributed by atoms with E-state index in [0.717, 1.165) is 35.4 Å². The number of amides is 2. The van der Waals surface area contributed by atoms with Crippen LogP contribution in [0, 0.1) is 16.7 Å². The fourth-order valence-corrected chi connectivity index (χ4v) is 6.51. The minimum Gasteiger partial charge on any atom is -0.326 e. The summed E-state index contributed by atoms with van der Waals surface area (Å²) in [6.45, 7) is 6.09. The van der Waals surface area contributed by atoms with Gasteiger partial charge in [-0.15, -0.1) is 23.1 Å². The first-order valence-electron chi connectivity index (χ1n) is 12.1. The second kappa shape index (κ2) is 11.3. The third-order valence-corrected chi connectivity index (χ3v) is 8.24. The van der Waals surface area contributed by atoms with Crippen LogP contribution in [0.1, 0.15) is 61.1 Å². The Bertz CT molecular complexity index is 1290. The number of hydrogen-bond donors (Lipinski definition) is 2. The largest absolute Gasteiger partial charge is 0.326 e. The number of hydrogen-bond acceptors (Lipinski definition) is 5. The molecule has 1 aromatic heterocycles. The van der Waals surface area contributed by atoms with E-state index in [1.54, 1.807) is 0 Å². The van der Waals surface area contributed by atoms with Gasteiger partial charge in [-0.25, -0.2) is 0 Å². The Morgan fingerprint density at radius 3 is 2.58 bits per heavy atom. The molecule has 1 unspecified atom stereocenters. The van der Waals surface area contributed by atoms with Gasteiger partial charge in [-0.2, -0.15) is 5.26 Å². The predicted octanol–water partition coefficient (Wildman–Crippen LogP) is 7.00. The van der Waals surface area contributed by atoms with Gasteiger partial charge in [-0.05, 0) is 59.9 Å². The van der Waals surface area contributed by atoms with Crippen molar-refractivity contribution < 1.29 is 9.59 Å². The molecule has 2 N–H and O–H groups in total. The Morgan fingerprint density at radius 2 is 1.86 bits per heavy atom. The normalized spacial score (nSPS) is 15.0. The van der Waals surface area contributed by atoms with Crippen LogP contribution in [0.4, 0.5) is 10.7 Å². The van der Waals surface area contributed by atoms with Crippen LogP contribution >= 0.6 is 23.1 Å². The number of nitrogens with zero attached hydrogens (tertiary/aromatic N) is 1. The van der Waals surface area contributed by atoms with E-state index in [1.807, 2.05) is 51.1 Å². The van der Waals surface area contributed by atoms with Gasteiger partial charge in [0.1, 0.15) is 11.1 Å². The van der Waals surface area contributed by atoms with E-state index < -0.39 is 0 Å². The van der Waals surface area contributed by atoms with Crippen molar-refractivity contribution in [1.29, 1.82) is 5.26 Å². The lowest BCUT2D eigenvalue weighted by molar-refractivity contribution is -0.118. The van der Waals surface area contributed by atoms with Crippen LogP contribution in [0.3, 0.4) is 0 Å². The quantitative estimate of drug-likeness (QED) is 0.331. The highest BCUT2D eigenvalue weighted by Gasteiger charge is 2.27. The molecule has 5 nitrogen and oxygen atoms in total. The van der Waals surface area contributed by atoms with Gasteiger partial charge in [-0.1, -0.05) is 57.2 Å². The Balaban J connectivity index is 1.36. The maximum Gasteiger partial charge on any atom is 0.235 e. The van der Waals surface area contributed by atoms with Gasteiger partial charge >= 0.3 is 0 Å². The zero-order valence-electron chi connectivity index (χ0n) is 20.9. The first kappa shape index (κ1) is 26.0. The molecule has 0 aliphatic heterocycles. The molecule has 0 radical (unpaired) electrons. The second-order valence-electron chi connectivity index (χ2n) is 10.3. The predicted molar refractivity (Wildman–Crippen MR) is 149 cm³/mol. The fraction of sp³-hybridized carbons (Fsp3) is 0.345. The average molecular weight is 518 g/mol. The van der Waals surface area contributed by atoms with Crippen molar-refractivity contribution in [2.24, 2.45) is 5.41 Å². The number of carbonyl (C=O) groups excluding carboxylic acids is 2. The molecule has 3 aromatic rings. The molecule has 1 aliphatic carbocycles. The summed E-state index contributed by atoms with van der Waals surface area (Å²) < 4.78 is 0. The third kappa shape index (κ3) is 6.77. The van der Waals surface area contributed by atoms with Crippen molar-refractivity contribution in [3.63, 3.8) is 0 Å². The van der Waals surface area contributed by atoms with Crippen LogP contribution in [0.5, 0.6) is 0 Å². The van der Waals surface area contributed by atoms with E-state index in [2.05, 4.69) is 41.0 Å². The van der Waals surface area contributed by atoms with Gasteiger partial charge in [-0.3, -0.25) is 9.59 Å². The summed E-state index contributed by atoms with van der Waals surface area (Å²) in [4.78, 5) is 27.1. The van der Waals surface area contributed by atoms with Gasteiger partial charge in [0, 0.05) is 21.9 Å². The maximum atomic E-state index is 12.8. The van der Waals surface area contributed by atoms with Crippen molar-refractivity contribution in [3.8, 4) is 6.07 Å². The third-order valence-electron chi connectivity index (χ3n) is 6.08. The molecule has 0 bridgehead atoms. The summed E-state index contributed by atoms with van der Waals surface area (Å²) in [7, 11) is 0. The molecular formula is C29H31N3O2S2. The molecule has 1 aliphatic rings. The number of fused-ring (bicyclic) bond motifs is 1. The fourth-order valence-electron chi connectivity index (χ4n) is 4.46. The molecule has 0 saturated heterocycles. The first-order valence-corrected chi connectivity index (χ1v) is 13.9. The number of nitrogens with one attached hydrogen (secondary N) is 2. The number of nitriles is 1. The van der Waals surface area contributed by atoms with E-state index in [4.69, 9.17) is 0 Å². The molecule has 2 amide bonds. The zero-order chi connectivity index (χ0) is 25.7. The summed E-state index contributed by atoms with van der Waals surface area (Å²) in [5.74, 6) is 0.498. The summed E-state index contributed by atoms with van der Waals surface area (Å²) in [5, 5.41) is 16.4. The summed E-state index contributed by atoms with van der Waals surface area (Å²) in [5.41, 5.74) is 3.68. The molecule has 4 rings (SSSR count). The highest BCUT2D eigenvalue weighted by molar-refractivity contribution is 8.00. The van der Waals surface area contributed by atoms with Gasteiger partial charge in [0.15, 0.2) is 0 Å². The van der Waals surface area contributed by atoms with E-state index in [9.17, 15) is 14.9 Å². The molecule has 36 heavy (non-hydrogen) atoms. The van der Waals surface area contributed by atoms with E-state index in [0.29, 0.717) is 22.9 Å². The number of benzene rings is 2. The molecule has 1 heterocycles. The molecule has 0 fully saturated rings. The summed E-state index contributed by atoms with van der Waals surface area (Å²) in [6.07, 6.45) is 3.20. The van der Waals surface area contributed by atoms with Crippen LogP contribution in [0.15, 0.2) is 59.5 Å². The van der Waals surface area contributed by atoms with Gasteiger partial charge in [0.05, 0.1) is 11.3 Å². The molecule has 186 valence electrons. The number of thioether (sulfide) groups is 1. The lowest BCUT2D eigenvalue weighted by Gasteiger charge is -2.22. The summed E-state index contributed by atoms with van der Waals surface area (Å²) >= 11 is 2.94. The zero-order valence-corrected chi connectivity index (χ0v) is 22.5. The Morgan fingerprint density at radius 1 is 1.08 bits per heavy atom. The van der Waals surface area contributed by atoms with E-state index in [-0.39, 0.29) is 23.0 Å². The average Bonchev–Trinajstić information content (AvgIpc) is 3.18. The number of carbonyl (C=O) groups is 2. The highest BCUT2D eigenvalue weighted by Crippen LogP contribution is 2.42. The number of anilines is 2. The van der Waals surface area contributed by atoms with Crippen molar-refractivity contribution in [3.05, 3.63) is 76.2 Å². The number of thiophene rings is 1. The SMILES string of the molecule is CC(C)(C)CC(=O)Nc1cccc(SCC(=O)Nc2sc3c(c2C#N)CCC(c2ccccc2)C3)c1. The topological polar surface area (TPSA) is 82.0 Å². The van der Waals surface area contributed by atoms with Gasteiger partial charge < -0.3 is 10.6 Å². The molecule has 0 spiro atoms. The van der Waals surface area contributed by atoms with E-state index >= 15 is 0 Å². The monoisotopic (exact) mass is 517 g/mol. The molecular weight excluding hydrogens is 486 g/mol. The Hall–Kier alpha value is -3.08. The van der Waals surface area contributed by atoms with Crippen molar-refractivity contribution >= 4 is 45.6 Å². The van der Waals surface area contributed by atoms with Crippen LogP contribution in [-0.4, -0.2) is 17.6 Å². The minimum absolute atomic E-state index is 0.0254. The van der Waals surface area contributed by atoms with Crippen LogP contribution in [-0.2, 0) is 22.4 Å². The van der Waals surface area contributed by atoms with Crippen molar-refractivity contribution in [2.45, 2.75) is 57.3 Å². The Labute approximate surface area is 221 Å². The molecule has 7 heteroatoms. The van der Waals surface area contributed by atoms with Crippen molar-refractivity contribution in [1.82, 2.24) is 0 Å². The van der Waals surface area contributed by atoms with E-state index in [1.165, 1.54) is 33.5 Å². The Kier molecular flexibility index (Phi) is 8.17. The molecule has 1 atom stereocenters. The van der Waals surface area contributed by atoms with Gasteiger partial charge in [0.25, 0.3) is 0 Å². The minimum atomic E-state index is -0.142. The molecule has 0 saturated carbocycles. The lowest BCUT2D eigenvalue weighted by Crippen LogP contribution is -2.19. The van der Waals surface area contributed by atoms with Crippen LogP contribution in [0.25, 0.3) is 0 Å². The number of rotatable bonds is 7. The standard InChI is InChI=1S/C29H31N3O2S2/c1-29(2,3)16-26(33)31-21-10-7-11-22(15-21)35-18-27(34)32-28-24(17-30)23-13-12-20(14-25(23)36-28)19-8-5-4-6-9-19/h4-11,15,20H,12-14,16,18H2,1-3H3,(H,31,33)(H,32,34). The van der Waals surface area contributed by atoms with Crippen molar-refractivity contribution in [2.75, 3.05) is 16.4 Å². The maximum absolute atomic E-state index is 12.8. The lowest BCUT2D eigenvalue weighted by atomic mass is 9.83.